The summed E-state index contributed by atoms with van der Waals surface area (Å²) in [5.74, 6) is 0.284. The van der Waals surface area contributed by atoms with Gasteiger partial charge in [-0.25, -0.2) is 4.98 Å². The van der Waals surface area contributed by atoms with Crippen LogP contribution in [0.1, 0.15) is 33.1 Å². The normalized spacial score (nSPS) is 24.1. The zero-order chi connectivity index (χ0) is 24.1. The minimum absolute atomic E-state index is 0.0359. The average molecular weight is 496 g/mol. The lowest BCUT2D eigenvalue weighted by Crippen LogP contribution is -2.65. The molecule has 3 aromatic rings. The van der Waals surface area contributed by atoms with Crippen molar-refractivity contribution in [3.63, 3.8) is 0 Å². The predicted molar refractivity (Wildman–Crippen MR) is 135 cm³/mol. The minimum Gasteiger partial charge on any atom is -0.461 e. The predicted octanol–water partition coefficient (Wildman–Crippen LogP) is 4.28. The first-order chi connectivity index (χ1) is 17.0. The summed E-state index contributed by atoms with van der Waals surface area (Å²) in [5, 5.41) is 0.563. The molecule has 3 atom stereocenters. The maximum Gasteiger partial charge on any atom is 0.296 e. The topological polar surface area (TPSA) is 83.6 Å². The van der Waals surface area contributed by atoms with Gasteiger partial charge in [-0.1, -0.05) is 37.6 Å². The maximum atomic E-state index is 12.4. The molecule has 7 rings (SSSR count). The Hall–Kier alpha value is -2.84. The molecule has 3 saturated heterocycles. The molecule has 35 heavy (non-hydrogen) atoms. The summed E-state index contributed by atoms with van der Waals surface area (Å²) < 4.78 is 11.6. The van der Waals surface area contributed by atoms with Crippen LogP contribution in [-0.2, 0) is 9.53 Å². The quantitative estimate of drug-likeness (QED) is 0.568. The van der Waals surface area contributed by atoms with Crippen LogP contribution in [0.4, 0.5) is 5.69 Å². The third kappa shape index (κ3) is 4.23. The van der Waals surface area contributed by atoms with Gasteiger partial charge in [-0.2, -0.15) is 4.98 Å². The molecule has 1 aromatic carbocycles. The van der Waals surface area contributed by atoms with Gasteiger partial charge in [-0.15, -0.1) is 0 Å². The molecule has 1 amide bonds. The van der Waals surface area contributed by atoms with Crippen molar-refractivity contribution in [2.75, 3.05) is 31.2 Å². The number of carbonyl (C=O) groups is 1. The highest BCUT2D eigenvalue weighted by Crippen LogP contribution is 2.40. The number of halogens is 1. The average Bonchev–Trinajstić information content (AvgIpc) is 3.24. The van der Waals surface area contributed by atoms with Crippen molar-refractivity contribution in [1.29, 1.82) is 0 Å². The van der Waals surface area contributed by atoms with Crippen LogP contribution in [0.2, 0.25) is 5.02 Å². The van der Waals surface area contributed by atoms with Gasteiger partial charge in [-0.05, 0) is 24.6 Å². The van der Waals surface area contributed by atoms with E-state index in [0.717, 1.165) is 56.6 Å². The lowest BCUT2D eigenvalue weighted by molar-refractivity contribution is -0.157. The lowest BCUT2D eigenvalue weighted by Gasteiger charge is -2.55. The molecule has 2 aromatic heterocycles. The second-order valence-corrected chi connectivity index (χ2v) is 10.4. The number of rotatable bonds is 5. The molecule has 184 valence electrons. The van der Waals surface area contributed by atoms with E-state index in [0.29, 0.717) is 22.4 Å². The number of nitrogens with one attached hydrogen (secondary N) is 1. The number of piperidine rings is 1. The molecule has 4 aliphatic rings. The fourth-order valence-corrected chi connectivity index (χ4v) is 5.80. The number of hydrogen-bond acceptors (Lipinski definition) is 6. The summed E-state index contributed by atoms with van der Waals surface area (Å²) >= 11 is 6.61. The molecule has 1 saturated carbocycles. The summed E-state index contributed by atoms with van der Waals surface area (Å²) in [6.07, 6.45) is 2.78. The first kappa shape index (κ1) is 22.6. The van der Waals surface area contributed by atoms with Crippen LogP contribution in [0, 0.1) is 5.92 Å². The van der Waals surface area contributed by atoms with E-state index in [1.807, 2.05) is 32.0 Å². The second-order valence-electron chi connectivity index (χ2n) is 10.0. The van der Waals surface area contributed by atoms with Crippen LogP contribution in [-0.4, -0.2) is 70.2 Å². The Bertz CT molecular complexity index is 1230. The van der Waals surface area contributed by atoms with Crippen LogP contribution in [0.3, 0.4) is 0 Å². The van der Waals surface area contributed by atoms with Gasteiger partial charge in [0.1, 0.15) is 6.10 Å². The molecule has 1 aliphatic carbocycles. The van der Waals surface area contributed by atoms with Gasteiger partial charge in [0.15, 0.2) is 5.65 Å². The number of H-pyrrole nitrogens is 1. The Labute approximate surface area is 209 Å². The number of imidazole rings is 1. The van der Waals surface area contributed by atoms with Gasteiger partial charge >= 0.3 is 0 Å². The number of ether oxygens (including phenoxy) is 2. The fraction of sp³-hybridized carbons (Fsp3) is 0.500. The summed E-state index contributed by atoms with van der Waals surface area (Å²) in [7, 11) is 0. The number of anilines is 1. The van der Waals surface area contributed by atoms with Gasteiger partial charge in [-0.3, -0.25) is 4.79 Å². The van der Waals surface area contributed by atoms with Crippen molar-refractivity contribution in [2.45, 2.75) is 51.3 Å². The number of carbonyl (C=O) groups excluding carboxylic acids is 1. The molecular weight excluding hydrogens is 466 g/mol. The van der Waals surface area contributed by atoms with Gasteiger partial charge in [0, 0.05) is 55.2 Å². The Kier molecular flexibility index (Phi) is 5.81. The number of nitrogens with zero attached hydrogens (tertiary/aromatic N) is 4. The molecule has 1 unspecified atom stereocenters. The van der Waals surface area contributed by atoms with E-state index in [2.05, 4.69) is 31.9 Å². The number of aromatic nitrogens is 3. The van der Waals surface area contributed by atoms with Crippen LogP contribution in [0.15, 0.2) is 30.3 Å². The highest BCUT2D eigenvalue weighted by atomic mass is 35.5. The third-order valence-corrected chi connectivity index (χ3v) is 7.64. The van der Waals surface area contributed by atoms with Crippen molar-refractivity contribution in [2.24, 2.45) is 5.92 Å². The van der Waals surface area contributed by atoms with Crippen molar-refractivity contribution in [3.8, 4) is 17.3 Å². The Morgan fingerprint density at radius 3 is 2.51 bits per heavy atom. The summed E-state index contributed by atoms with van der Waals surface area (Å²) in [5.41, 5.74) is 4.14. The van der Waals surface area contributed by atoms with Gasteiger partial charge < -0.3 is 24.3 Å². The van der Waals surface area contributed by atoms with Crippen LogP contribution in [0.5, 0.6) is 6.01 Å². The largest absolute Gasteiger partial charge is 0.461 e. The van der Waals surface area contributed by atoms with Gasteiger partial charge in [0.25, 0.3) is 6.01 Å². The lowest BCUT2D eigenvalue weighted by atomic mass is 9.77. The molecule has 3 aliphatic heterocycles. The van der Waals surface area contributed by atoms with E-state index in [1.54, 1.807) is 0 Å². The van der Waals surface area contributed by atoms with Crippen molar-refractivity contribution >= 4 is 34.4 Å². The molecular formula is C26H30ClN5O3. The van der Waals surface area contributed by atoms with Crippen molar-refractivity contribution < 1.29 is 14.3 Å². The number of hydrogen-bond donors (Lipinski definition) is 1. The summed E-state index contributed by atoms with van der Waals surface area (Å²) in [4.78, 5) is 29.4. The number of pyridine rings is 1. The zero-order valence-electron chi connectivity index (χ0n) is 20.0. The van der Waals surface area contributed by atoms with E-state index in [1.165, 1.54) is 5.69 Å². The summed E-state index contributed by atoms with van der Waals surface area (Å²) in [6, 6.07) is 11.2. The number of morpholine rings is 1. The number of fused-ring (bicyclic) bond motifs is 3. The molecule has 5 heterocycles. The van der Waals surface area contributed by atoms with Crippen LogP contribution >= 0.6 is 11.6 Å². The summed E-state index contributed by atoms with van der Waals surface area (Å²) in [6.45, 7) is 7.23. The Morgan fingerprint density at radius 1 is 1.11 bits per heavy atom. The van der Waals surface area contributed by atoms with E-state index in [4.69, 9.17) is 26.1 Å². The van der Waals surface area contributed by atoms with Crippen LogP contribution < -0.4 is 9.64 Å². The minimum atomic E-state index is 0.0359. The SMILES string of the molecule is CC(C)C(=O)N1C2C[C@@H](Oc3nc4nc(-c5ccc(N6CCOCC6)cc5)c(Cl)cc4[nH]3)C[C@H]1C2. The van der Waals surface area contributed by atoms with Gasteiger partial charge in [0.05, 0.1) is 29.4 Å². The zero-order valence-corrected chi connectivity index (χ0v) is 20.8. The second kappa shape index (κ2) is 8.99. The molecule has 4 fully saturated rings. The smallest absolute Gasteiger partial charge is 0.296 e. The molecule has 2 bridgehead atoms. The maximum absolute atomic E-state index is 12.4. The highest BCUT2D eigenvalue weighted by molar-refractivity contribution is 6.33. The van der Waals surface area contributed by atoms with Gasteiger partial charge in [0.2, 0.25) is 5.91 Å². The fourth-order valence-electron chi connectivity index (χ4n) is 5.54. The van der Waals surface area contributed by atoms with E-state index in [-0.39, 0.29) is 30.0 Å². The van der Waals surface area contributed by atoms with Crippen molar-refractivity contribution in [1.82, 2.24) is 19.9 Å². The number of benzene rings is 1. The standard InChI is InChI=1S/C26H30ClN5O3/c1-15(2)25(33)32-18-11-19(32)13-20(12-18)35-26-28-22-14-21(27)23(29-24(22)30-26)16-3-5-17(6-4-16)31-7-9-34-10-8-31/h3-6,14-15,18-20H,7-13H2,1-2H3,(H,28,29,30)/t18-,19?,20+/m1/s1. The molecule has 8 nitrogen and oxygen atoms in total. The Balaban J connectivity index is 1.16. The number of amides is 1. The molecule has 1 N–H and O–H groups in total. The number of aromatic amines is 1. The van der Waals surface area contributed by atoms with E-state index < -0.39 is 0 Å². The van der Waals surface area contributed by atoms with E-state index in [9.17, 15) is 4.79 Å². The molecule has 0 radical (unpaired) electrons. The first-order valence-corrected chi connectivity index (χ1v) is 12.8. The van der Waals surface area contributed by atoms with Crippen molar-refractivity contribution in [3.05, 3.63) is 35.4 Å². The molecule has 0 spiro atoms. The highest BCUT2D eigenvalue weighted by Gasteiger charge is 2.49. The van der Waals surface area contributed by atoms with E-state index >= 15 is 0 Å². The first-order valence-electron chi connectivity index (χ1n) is 12.4. The van der Waals surface area contributed by atoms with Crippen LogP contribution in [0.25, 0.3) is 22.4 Å². The Morgan fingerprint density at radius 2 is 1.83 bits per heavy atom. The third-order valence-electron chi connectivity index (χ3n) is 7.35. The monoisotopic (exact) mass is 495 g/mol. The molecule has 9 heteroatoms.